The van der Waals surface area contributed by atoms with Gasteiger partial charge >= 0.3 is 0 Å². The van der Waals surface area contributed by atoms with Crippen LogP contribution in [0.4, 0.5) is 11.6 Å². The van der Waals surface area contributed by atoms with Gasteiger partial charge in [-0.15, -0.1) is 0 Å². The summed E-state index contributed by atoms with van der Waals surface area (Å²) in [6.07, 6.45) is 0. The maximum atomic E-state index is 12.7. The molecule has 1 heterocycles. The normalized spacial score (nSPS) is 12.7. The van der Waals surface area contributed by atoms with Gasteiger partial charge in [-0.25, -0.2) is 15.0 Å². The summed E-state index contributed by atoms with van der Waals surface area (Å²) in [5.74, 6) is 1.23. The molecule has 36 heavy (non-hydrogen) atoms. The van der Waals surface area contributed by atoms with E-state index in [9.17, 15) is 9.59 Å². The highest BCUT2D eigenvalue weighted by molar-refractivity contribution is 6.10. The molecule has 186 valence electrons. The van der Waals surface area contributed by atoms with E-state index in [4.69, 9.17) is 0 Å². The first-order valence-corrected chi connectivity index (χ1v) is 11.8. The van der Waals surface area contributed by atoms with Crippen molar-refractivity contribution in [1.82, 2.24) is 15.6 Å². The van der Waals surface area contributed by atoms with E-state index in [1.165, 1.54) is 0 Å². The molecule has 0 aliphatic heterocycles. The first kappa shape index (κ1) is 26.5. The molecule has 2 N–H and O–H groups in total. The first-order valence-electron chi connectivity index (χ1n) is 11.8. The minimum atomic E-state index is -0.592. The monoisotopic (exact) mass is 483 g/mol. The molecule has 0 saturated heterocycles. The molecule has 7 nitrogen and oxygen atoms in total. The molecule has 0 radical (unpaired) electrons. The number of carbonyl (C=O) groups excluding carboxylic acids is 2. The maximum Gasteiger partial charge on any atom is 0.230 e. The molecule has 2 amide bonds. The summed E-state index contributed by atoms with van der Waals surface area (Å²) >= 11 is 0. The topological polar surface area (TPSA) is 95.8 Å². The van der Waals surface area contributed by atoms with E-state index in [1.807, 2.05) is 102 Å². The molecule has 2 aromatic carbocycles. The third kappa shape index (κ3) is 7.43. The van der Waals surface area contributed by atoms with Gasteiger partial charge in [0.05, 0.1) is 0 Å². The predicted molar refractivity (Wildman–Crippen MR) is 145 cm³/mol. The number of nitrogens with zero attached hydrogens (tertiary/aromatic N) is 3. The van der Waals surface area contributed by atoms with Crippen LogP contribution < -0.4 is 10.6 Å². The molecule has 0 unspecified atom stereocenters. The summed E-state index contributed by atoms with van der Waals surface area (Å²) in [6, 6.07) is 24.1. The molecule has 0 atom stereocenters. The summed E-state index contributed by atoms with van der Waals surface area (Å²) in [6.45, 7) is 11.1. The highest BCUT2D eigenvalue weighted by Crippen LogP contribution is 2.19. The van der Waals surface area contributed by atoms with Gasteiger partial charge in [-0.3, -0.25) is 9.59 Å². The fourth-order valence-corrected chi connectivity index (χ4v) is 2.88. The van der Waals surface area contributed by atoms with E-state index in [-0.39, 0.29) is 11.8 Å². The van der Waals surface area contributed by atoms with E-state index >= 15 is 0 Å². The molecule has 0 fully saturated rings. The summed E-state index contributed by atoms with van der Waals surface area (Å²) < 4.78 is 0. The number of nitrogens with one attached hydrogen (secondary N) is 2. The Morgan fingerprint density at radius 3 is 1.28 bits per heavy atom. The molecule has 0 spiro atoms. The Morgan fingerprint density at radius 1 is 0.583 bits per heavy atom. The van der Waals surface area contributed by atoms with Crippen molar-refractivity contribution in [3.05, 3.63) is 90.0 Å². The van der Waals surface area contributed by atoms with E-state index in [1.54, 1.807) is 18.2 Å². The number of hydrogen-bond acceptors (Lipinski definition) is 5. The zero-order valence-corrected chi connectivity index (χ0v) is 21.7. The molecule has 0 aliphatic carbocycles. The second-order valence-corrected chi connectivity index (χ2v) is 10.4. The number of aliphatic imine (C=N–C) groups is 2. The van der Waals surface area contributed by atoms with E-state index in [2.05, 4.69) is 25.6 Å². The van der Waals surface area contributed by atoms with Crippen LogP contribution in [0.3, 0.4) is 0 Å². The van der Waals surface area contributed by atoms with Gasteiger partial charge in [-0.05, 0) is 12.1 Å². The highest BCUT2D eigenvalue weighted by atomic mass is 16.2. The van der Waals surface area contributed by atoms with Crippen molar-refractivity contribution in [3.8, 4) is 0 Å². The standard InChI is InChI=1S/C29H33N5O2/c1-28(2,3)26(35)33-24(20-14-9-7-10-15-20)31-22-18-13-19-23(30-22)32-25(21-16-11-8-12-17-21)34-27(36)29(4,5)6/h7-19H,1-6H3,(H2,30,31,32,33,34,35,36). The average Bonchev–Trinajstić information content (AvgIpc) is 2.83. The summed E-state index contributed by atoms with van der Waals surface area (Å²) in [4.78, 5) is 39.3. The molecule has 0 aliphatic rings. The van der Waals surface area contributed by atoms with Crippen LogP contribution in [0.5, 0.6) is 0 Å². The molecular formula is C29H33N5O2. The zero-order chi connectivity index (χ0) is 26.3. The summed E-state index contributed by atoms with van der Waals surface area (Å²) in [5.41, 5.74) is 0.331. The van der Waals surface area contributed by atoms with Crippen molar-refractivity contribution in [2.45, 2.75) is 41.5 Å². The lowest BCUT2D eigenvalue weighted by atomic mass is 9.95. The Hall–Kier alpha value is -4.13. The van der Waals surface area contributed by atoms with Crippen LogP contribution in [0.15, 0.2) is 88.8 Å². The fourth-order valence-electron chi connectivity index (χ4n) is 2.88. The number of rotatable bonds is 4. The smallest absolute Gasteiger partial charge is 0.230 e. The second kappa shape index (κ2) is 11.1. The van der Waals surface area contributed by atoms with E-state index in [0.29, 0.717) is 23.3 Å². The van der Waals surface area contributed by atoms with Crippen molar-refractivity contribution in [2.75, 3.05) is 0 Å². The number of amidine groups is 2. The van der Waals surface area contributed by atoms with Crippen LogP contribution in [0.1, 0.15) is 52.7 Å². The van der Waals surface area contributed by atoms with Gasteiger partial charge in [-0.1, -0.05) is 108 Å². The Balaban J connectivity index is 2.02. The number of carbonyl (C=O) groups is 2. The lowest BCUT2D eigenvalue weighted by Gasteiger charge is -2.19. The number of benzene rings is 2. The Labute approximate surface area is 212 Å². The highest BCUT2D eigenvalue weighted by Gasteiger charge is 2.24. The van der Waals surface area contributed by atoms with E-state index in [0.717, 1.165) is 11.1 Å². The van der Waals surface area contributed by atoms with Crippen LogP contribution in [0.25, 0.3) is 0 Å². The molecule has 0 bridgehead atoms. The molecule has 3 aromatic rings. The van der Waals surface area contributed by atoms with E-state index < -0.39 is 10.8 Å². The third-order valence-electron chi connectivity index (χ3n) is 5.09. The predicted octanol–water partition coefficient (Wildman–Crippen LogP) is 5.56. The molecule has 7 heteroatoms. The number of aromatic nitrogens is 1. The van der Waals surface area contributed by atoms with Crippen molar-refractivity contribution >= 4 is 35.1 Å². The van der Waals surface area contributed by atoms with Crippen LogP contribution in [0.2, 0.25) is 0 Å². The minimum Gasteiger partial charge on any atom is -0.310 e. The first-order chi connectivity index (χ1) is 16.9. The van der Waals surface area contributed by atoms with Crippen molar-refractivity contribution < 1.29 is 9.59 Å². The Morgan fingerprint density at radius 2 is 0.944 bits per heavy atom. The molecular weight excluding hydrogens is 450 g/mol. The second-order valence-electron chi connectivity index (χ2n) is 10.4. The molecule has 3 rings (SSSR count). The van der Waals surface area contributed by atoms with Crippen LogP contribution in [0, 0.1) is 10.8 Å². The van der Waals surface area contributed by atoms with Gasteiger partial charge in [0, 0.05) is 22.0 Å². The third-order valence-corrected chi connectivity index (χ3v) is 5.09. The minimum absolute atomic E-state index is 0.157. The van der Waals surface area contributed by atoms with Gasteiger partial charge < -0.3 is 10.6 Å². The lowest BCUT2D eigenvalue weighted by Crippen LogP contribution is -2.39. The number of pyridine rings is 1. The van der Waals surface area contributed by atoms with Crippen molar-refractivity contribution in [1.29, 1.82) is 0 Å². The molecule has 1 aromatic heterocycles. The largest absolute Gasteiger partial charge is 0.310 e. The average molecular weight is 484 g/mol. The SMILES string of the molecule is CC(C)(C)C(=O)NC(=Nc1cccc(/N=C(\NC(=O)C(C)(C)C)c2ccccc2)n1)c1ccccc1. The van der Waals surface area contributed by atoms with Gasteiger partial charge in [-0.2, -0.15) is 0 Å². The Kier molecular flexibility index (Phi) is 8.14. The zero-order valence-electron chi connectivity index (χ0n) is 21.7. The van der Waals surface area contributed by atoms with Gasteiger partial charge in [0.2, 0.25) is 11.8 Å². The van der Waals surface area contributed by atoms with Gasteiger partial charge in [0.1, 0.15) is 11.7 Å². The van der Waals surface area contributed by atoms with Crippen LogP contribution in [-0.4, -0.2) is 28.5 Å². The maximum absolute atomic E-state index is 12.7. The lowest BCUT2D eigenvalue weighted by molar-refractivity contribution is -0.127. The van der Waals surface area contributed by atoms with Crippen LogP contribution in [-0.2, 0) is 9.59 Å². The van der Waals surface area contributed by atoms with Gasteiger partial charge in [0.15, 0.2) is 11.6 Å². The summed E-state index contributed by atoms with van der Waals surface area (Å²) in [7, 11) is 0. The quantitative estimate of drug-likeness (QED) is 0.375. The summed E-state index contributed by atoms with van der Waals surface area (Å²) in [5, 5.41) is 5.86. The van der Waals surface area contributed by atoms with Crippen LogP contribution >= 0.6 is 0 Å². The Bertz CT molecular complexity index is 1170. The fraction of sp³-hybridized carbons (Fsp3) is 0.276. The van der Waals surface area contributed by atoms with Crippen molar-refractivity contribution in [3.63, 3.8) is 0 Å². The van der Waals surface area contributed by atoms with Gasteiger partial charge in [0.25, 0.3) is 0 Å². The van der Waals surface area contributed by atoms with Crippen molar-refractivity contribution in [2.24, 2.45) is 20.8 Å². The number of amides is 2. The molecule has 0 saturated carbocycles. The number of hydrogen-bond donors (Lipinski definition) is 2.